The van der Waals surface area contributed by atoms with E-state index < -0.39 is 0 Å². The molecule has 1 unspecified atom stereocenters. The summed E-state index contributed by atoms with van der Waals surface area (Å²) in [6.45, 7) is 4.97. The monoisotopic (exact) mass is 482 g/mol. The summed E-state index contributed by atoms with van der Waals surface area (Å²) in [5, 5.41) is 8.39. The molecule has 4 heterocycles. The molecule has 1 aromatic heterocycles. The van der Waals surface area contributed by atoms with Crippen LogP contribution in [0.5, 0.6) is 0 Å². The van der Waals surface area contributed by atoms with Gasteiger partial charge >= 0.3 is 0 Å². The first-order chi connectivity index (χ1) is 17.5. The van der Waals surface area contributed by atoms with Gasteiger partial charge in [-0.2, -0.15) is 5.10 Å². The van der Waals surface area contributed by atoms with E-state index in [0.717, 1.165) is 72.8 Å². The molecule has 3 aliphatic rings. The van der Waals surface area contributed by atoms with Crippen molar-refractivity contribution >= 4 is 23.0 Å². The molecule has 36 heavy (non-hydrogen) atoms. The van der Waals surface area contributed by atoms with Gasteiger partial charge in [0, 0.05) is 29.9 Å². The minimum atomic E-state index is 0.0895. The van der Waals surface area contributed by atoms with E-state index in [0.29, 0.717) is 12.3 Å². The normalized spacial score (nSPS) is 20.3. The highest BCUT2D eigenvalue weighted by Crippen LogP contribution is 2.37. The van der Waals surface area contributed by atoms with Crippen LogP contribution in [0, 0.1) is 12.8 Å². The van der Waals surface area contributed by atoms with Gasteiger partial charge in [-0.3, -0.25) is 4.79 Å². The van der Waals surface area contributed by atoms with Crippen molar-refractivity contribution in [3.8, 4) is 0 Å². The van der Waals surface area contributed by atoms with E-state index in [4.69, 9.17) is 5.73 Å². The van der Waals surface area contributed by atoms with Crippen molar-refractivity contribution in [3.63, 3.8) is 0 Å². The maximum atomic E-state index is 13.1. The first-order valence-corrected chi connectivity index (χ1v) is 13.0. The second kappa shape index (κ2) is 9.13. The number of nitrogens with zero attached hydrogens (tertiary/aromatic N) is 4. The van der Waals surface area contributed by atoms with Crippen molar-refractivity contribution in [2.24, 2.45) is 11.7 Å². The summed E-state index contributed by atoms with van der Waals surface area (Å²) in [6.07, 6.45) is 5.46. The van der Waals surface area contributed by atoms with Gasteiger partial charge in [-0.1, -0.05) is 35.9 Å². The number of piperidine rings is 1. The van der Waals surface area contributed by atoms with Gasteiger partial charge in [-0.15, -0.1) is 0 Å². The van der Waals surface area contributed by atoms with Crippen molar-refractivity contribution < 1.29 is 4.79 Å². The highest BCUT2D eigenvalue weighted by atomic mass is 16.2. The smallest absolute Gasteiger partial charge is 0.231 e. The Hall–Kier alpha value is -3.58. The van der Waals surface area contributed by atoms with Crippen LogP contribution in [0.25, 0.3) is 11.4 Å². The van der Waals surface area contributed by atoms with Gasteiger partial charge in [0.15, 0.2) is 0 Å². The number of carbonyl (C=O) groups excluding carboxylic acids is 1. The van der Waals surface area contributed by atoms with Crippen molar-refractivity contribution in [2.75, 3.05) is 31.6 Å². The van der Waals surface area contributed by atoms with E-state index >= 15 is 0 Å². The Bertz CT molecular complexity index is 1330. The predicted octanol–water partition coefficient (Wildman–Crippen LogP) is 3.55. The number of nitrogens with two attached hydrogens (primary N) is 1. The molecule has 2 aromatic carbocycles. The zero-order chi connectivity index (χ0) is 24.8. The quantitative estimate of drug-likeness (QED) is 0.595. The van der Waals surface area contributed by atoms with E-state index in [1.165, 1.54) is 11.1 Å². The zero-order valence-electron chi connectivity index (χ0n) is 21.1. The Morgan fingerprint density at radius 2 is 1.94 bits per heavy atom. The molecule has 0 saturated carbocycles. The number of aryl methyl sites for hydroxylation is 1. The summed E-state index contributed by atoms with van der Waals surface area (Å²) in [4.78, 5) is 17.5. The molecule has 0 bridgehead atoms. The largest absolute Gasteiger partial charge is 0.395 e. The summed E-state index contributed by atoms with van der Waals surface area (Å²) in [6, 6.07) is 16.6. The number of hydrogen-bond donors (Lipinski definition) is 2. The van der Waals surface area contributed by atoms with E-state index in [1.807, 2.05) is 29.3 Å². The Kier molecular flexibility index (Phi) is 5.80. The van der Waals surface area contributed by atoms with E-state index in [-0.39, 0.29) is 12.1 Å². The van der Waals surface area contributed by atoms with E-state index in [2.05, 4.69) is 64.3 Å². The fraction of sp³-hybridized carbons (Fsp3) is 0.379. The van der Waals surface area contributed by atoms with Gasteiger partial charge in [0.05, 0.1) is 23.5 Å². The van der Waals surface area contributed by atoms with Crippen LogP contribution in [-0.4, -0.2) is 47.3 Å². The summed E-state index contributed by atoms with van der Waals surface area (Å²) < 4.78 is 2.06. The molecule has 6 rings (SSSR count). The van der Waals surface area contributed by atoms with Gasteiger partial charge in [-0.25, -0.2) is 4.68 Å². The van der Waals surface area contributed by atoms with Crippen LogP contribution in [0.2, 0.25) is 0 Å². The van der Waals surface area contributed by atoms with Crippen LogP contribution in [0.15, 0.2) is 54.7 Å². The lowest BCUT2D eigenvalue weighted by atomic mass is 9.91. The number of hydrogen-bond acceptors (Lipinski definition) is 5. The second-order valence-electron chi connectivity index (χ2n) is 10.5. The third kappa shape index (κ3) is 4.07. The molecule has 1 amide bonds. The molecule has 3 aromatic rings. The molecule has 1 fully saturated rings. The Morgan fingerprint density at radius 1 is 1.11 bits per heavy atom. The lowest BCUT2D eigenvalue weighted by Crippen LogP contribution is -2.42. The van der Waals surface area contributed by atoms with Gasteiger partial charge in [-0.05, 0) is 75.6 Å². The van der Waals surface area contributed by atoms with Crippen LogP contribution < -0.4 is 16.0 Å². The molecule has 7 heteroatoms. The van der Waals surface area contributed by atoms with Crippen LogP contribution in [0.4, 0.5) is 5.69 Å². The minimum absolute atomic E-state index is 0.0895. The topological polar surface area (TPSA) is 79.4 Å². The first kappa shape index (κ1) is 22.9. The van der Waals surface area contributed by atoms with Crippen LogP contribution in [-0.2, 0) is 17.6 Å². The molecular formula is C29H34N6O. The number of likely N-dealkylation sites (tertiary alicyclic amines) is 1. The predicted molar refractivity (Wildman–Crippen MR) is 143 cm³/mol. The summed E-state index contributed by atoms with van der Waals surface area (Å²) in [7, 11) is 2.19. The van der Waals surface area contributed by atoms with Crippen molar-refractivity contribution in [1.29, 1.82) is 0 Å². The molecule has 0 aliphatic carbocycles. The third-order valence-electron chi connectivity index (χ3n) is 7.98. The lowest BCUT2D eigenvalue weighted by Gasteiger charge is -2.38. The molecule has 1 atom stereocenters. The molecule has 186 valence electrons. The SMILES string of the molecule is Cc1cccc(CC(=O)N2CCc3cc(C4=C(N)c5ccnn5C(C5CCN(C)CC5)N4)ccc32)c1. The number of rotatable bonds is 4. The van der Waals surface area contributed by atoms with Crippen molar-refractivity contribution in [3.05, 3.63) is 82.7 Å². The van der Waals surface area contributed by atoms with E-state index in [1.54, 1.807) is 0 Å². The Labute approximate surface area is 212 Å². The molecule has 0 radical (unpaired) electrons. The standard InChI is InChI=1S/C29H34N6O/c1-19-4-3-5-20(16-19)17-26(36)34-15-11-22-18-23(6-7-24(22)34)28-27(30)25-8-12-31-35(25)29(32-28)21-9-13-33(2)14-10-21/h3-8,12,16,18,21,29,32H,9-11,13-15,17,30H2,1-2H3. The molecule has 1 saturated heterocycles. The lowest BCUT2D eigenvalue weighted by molar-refractivity contribution is -0.117. The fourth-order valence-corrected chi connectivity index (χ4v) is 5.97. The summed E-state index contributed by atoms with van der Waals surface area (Å²) in [5.74, 6) is 0.639. The molecular weight excluding hydrogens is 448 g/mol. The summed E-state index contributed by atoms with van der Waals surface area (Å²) in [5.41, 5.74) is 14.9. The zero-order valence-corrected chi connectivity index (χ0v) is 21.1. The van der Waals surface area contributed by atoms with Crippen LogP contribution in [0.1, 0.15) is 47.0 Å². The average molecular weight is 483 g/mol. The van der Waals surface area contributed by atoms with Gasteiger partial charge in [0.1, 0.15) is 6.17 Å². The van der Waals surface area contributed by atoms with Gasteiger partial charge in [0.2, 0.25) is 5.91 Å². The first-order valence-electron chi connectivity index (χ1n) is 13.0. The number of nitrogens with one attached hydrogen (secondary N) is 1. The second-order valence-corrected chi connectivity index (χ2v) is 10.5. The third-order valence-corrected chi connectivity index (χ3v) is 7.98. The molecule has 3 N–H and O–H groups in total. The number of aromatic nitrogens is 2. The van der Waals surface area contributed by atoms with Crippen molar-refractivity contribution in [2.45, 2.75) is 38.8 Å². The number of carbonyl (C=O) groups is 1. The minimum Gasteiger partial charge on any atom is -0.395 e. The maximum absolute atomic E-state index is 13.1. The number of benzene rings is 2. The Balaban J connectivity index is 1.26. The molecule has 3 aliphatic heterocycles. The summed E-state index contributed by atoms with van der Waals surface area (Å²) >= 11 is 0. The van der Waals surface area contributed by atoms with E-state index in [9.17, 15) is 4.79 Å². The van der Waals surface area contributed by atoms with Gasteiger partial charge in [0.25, 0.3) is 0 Å². The number of fused-ring (bicyclic) bond motifs is 2. The van der Waals surface area contributed by atoms with Crippen LogP contribution >= 0.6 is 0 Å². The van der Waals surface area contributed by atoms with Crippen molar-refractivity contribution in [1.82, 2.24) is 20.0 Å². The molecule has 7 nitrogen and oxygen atoms in total. The Morgan fingerprint density at radius 3 is 2.75 bits per heavy atom. The fourth-order valence-electron chi connectivity index (χ4n) is 5.97. The molecule has 0 spiro atoms. The number of amides is 1. The maximum Gasteiger partial charge on any atom is 0.231 e. The van der Waals surface area contributed by atoms with Crippen LogP contribution in [0.3, 0.4) is 0 Å². The highest BCUT2D eigenvalue weighted by molar-refractivity contribution is 5.97. The average Bonchev–Trinajstić information content (AvgIpc) is 3.53. The highest BCUT2D eigenvalue weighted by Gasteiger charge is 2.34. The van der Waals surface area contributed by atoms with Gasteiger partial charge < -0.3 is 20.9 Å². The number of anilines is 1.